The first kappa shape index (κ1) is 15.6. The monoisotopic (exact) mass is 313 g/mol. The van der Waals surface area contributed by atoms with Crippen LogP contribution in [0.1, 0.15) is 36.8 Å². The van der Waals surface area contributed by atoms with E-state index in [2.05, 4.69) is 46.6 Å². The molecule has 0 bridgehead atoms. The molecular weight excluding hydrogens is 290 g/mol. The largest absolute Gasteiger partial charge is 0.368 e. The van der Waals surface area contributed by atoms with E-state index in [-0.39, 0.29) is 5.91 Å². The van der Waals surface area contributed by atoms with Gasteiger partial charge >= 0.3 is 0 Å². The minimum absolute atomic E-state index is 0.0425. The summed E-state index contributed by atoms with van der Waals surface area (Å²) in [7, 11) is 0. The van der Waals surface area contributed by atoms with Crippen LogP contribution in [-0.4, -0.2) is 23.7 Å². The van der Waals surface area contributed by atoms with Gasteiger partial charge in [0, 0.05) is 30.8 Å². The van der Waals surface area contributed by atoms with Crippen LogP contribution in [-0.2, 0) is 17.8 Å². The first-order valence-electron chi connectivity index (χ1n) is 8.17. The summed E-state index contributed by atoms with van der Waals surface area (Å²) in [4.78, 5) is 14.4. The van der Waals surface area contributed by atoms with Gasteiger partial charge in [-0.2, -0.15) is 0 Å². The molecule has 0 aliphatic carbocycles. The van der Waals surface area contributed by atoms with Gasteiger partial charge in [-0.05, 0) is 38.3 Å². The fourth-order valence-corrected chi connectivity index (χ4v) is 3.10. The lowest BCUT2D eigenvalue weighted by Gasteiger charge is -2.37. The topological polar surface area (TPSA) is 58.4 Å². The Hall–Kier alpha value is -2.30. The Kier molecular flexibility index (Phi) is 4.65. The molecule has 3 rings (SSSR count). The van der Waals surface area contributed by atoms with Crippen LogP contribution in [0.2, 0.25) is 0 Å². The molecule has 0 unspecified atom stereocenters. The number of carbonyl (C=O) groups is 1. The van der Waals surface area contributed by atoms with E-state index in [0.717, 1.165) is 30.8 Å². The summed E-state index contributed by atoms with van der Waals surface area (Å²) in [6, 6.07) is 10.8. The van der Waals surface area contributed by atoms with E-state index in [1.54, 1.807) is 0 Å². The summed E-state index contributed by atoms with van der Waals surface area (Å²) in [5.74, 6) is 0.800. The van der Waals surface area contributed by atoms with Crippen molar-refractivity contribution in [2.75, 3.05) is 11.4 Å². The first-order valence-corrected chi connectivity index (χ1v) is 8.17. The van der Waals surface area contributed by atoms with E-state index < -0.39 is 0 Å². The van der Waals surface area contributed by atoms with Crippen LogP contribution in [0.15, 0.2) is 34.9 Å². The summed E-state index contributed by atoms with van der Waals surface area (Å²) in [5, 5.41) is 6.78. The van der Waals surface area contributed by atoms with Crippen molar-refractivity contribution in [1.29, 1.82) is 0 Å². The minimum Gasteiger partial charge on any atom is -0.368 e. The number of nitrogens with zero attached hydrogens (tertiary/aromatic N) is 2. The third-order valence-corrected chi connectivity index (χ3v) is 4.39. The highest BCUT2D eigenvalue weighted by molar-refractivity contribution is 5.76. The lowest BCUT2D eigenvalue weighted by Crippen LogP contribution is -2.39. The molecule has 2 aromatic rings. The number of para-hydroxylation sites is 1. The molecule has 1 aliphatic heterocycles. The van der Waals surface area contributed by atoms with E-state index >= 15 is 0 Å². The van der Waals surface area contributed by atoms with Gasteiger partial charge in [-0.15, -0.1) is 0 Å². The zero-order valence-electron chi connectivity index (χ0n) is 13.7. The quantitative estimate of drug-likeness (QED) is 0.922. The lowest BCUT2D eigenvalue weighted by atomic mass is 9.96. The molecule has 1 amide bonds. The zero-order chi connectivity index (χ0) is 16.2. The van der Waals surface area contributed by atoms with Gasteiger partial charge in [-0.25, -0.2) is 0 Å². The Balaban J connectivity index is 1.54. The van der Waals surface area contributed by atoms with Crippen molar-refractivity contribution in [3.8, 4) is 0 Å². The van der Waals surface area contributed by atoms with Gasteiger partial charge in [0.05, 0.1) is 6.54 Å². The van der Waals surface area contributed by atoms with Gasteiger partial charge in [-0.1, -0.05) is 23.4 Å². The van der Waals surface area contributed by atoms with E-state index in [1.165, 1.54) is 11.3 Å². The van der Waals surface area contributed by atoms with Crippen LogP contribution >= 0.6 is 0 Å². The number of aromatic nitrogens is 1. The summed E-state index contributed by atoms with van der Waals surface area (Å²) in [5.41, 5.74) is 3.41. The molecule has 122 valence electrons. The second-order valence-corrected chi connectivity index (χ2v) is 6.17. The molecule has 1 N–H and O–H groups in total. The molecule has 2 heterocycles. The van der Waals surface area contributed by atoms with Gasteiger partial charge in [-0.3, -0.25) is 4.79 Å². The number of hydrogen-bond donors (Lipinski definition) is 1. The molecular formula is C18H23N3O2. The fraction of sp³-hybridized carbons (Fsp3) is 0.444. The number of benzene rings is 1. The van der Waals surface area contributed by atoms with Crippen LogP contribution in [0.4, 0.5) is 5.69 Å². The van der Waals surface area contributed by atoms with Gasteiger partial charge in [0.1, 0.15) is 11.5 Å². The van der Waals surface area contributed by atoms with E-state index in [9.17, 15) is 4.79 Å². The van der Waals surface area contributed by atoms with Crippen LogP contribution in [0.25, 0.3) is 0 Å². The summed E-state index contributed by atoms with van der Waals surface area (Å²) >= 11 is 0. The Morgan fingerprint density at radius 3 is 3.04 bits per heavy atom. The molecule has 1 aromatic carbocycles. The number of amides is 1. The maximum Gasteiger partial charge on any atom is 0.222 e. The fourth-order valence-electron chi connectivity index (χ4n) is 3.10. The highest BCUT2D eigenvalue weighted by atomic mass is 16.5. The second-order valence-electron chi connectivity index (χ2n) is 6.17. The number of hydrogen-bond acceptors (Lipinski definition) is 4. The minimum atomic E-state index is 0.0425. The van der Waals surface area contributed by atoms with Crippen molar-refractivity contribution in [1.82, 2.24) is 10.5 Å². The first-order chi connectivity index (χ1) is 11.1. The Labute approximate surface area is 136 Å². The van der Waals surface area contributed by atoms with Crippen molar-refractivity contribution in [2.24, 2.45) is 0 Å². The average Bonchev–Trinajstić information content (AvgIpc) is 2.97. The molecule has 5 nitrogen and oxygen atoms in total. The molecule has 0 radical (unpaired) electrons. The van der Waals surface area contributed by atoms with E-state index in [0.29, 0.717) is 19.0 Å². The highest BCUT2D eigenvalue weighted by Gasteiger charge is 2.22. The van der Waals surface area contributed by atoms with Gasteiger partial charge in [0.15, 0.2) is 0 Å². The summed E-state index contributed by atoms with van der Waals surface area (Å²) in [6.07, 6.45) is 2.73. The second kappa shape index (κ2) is 6.86. The third kappa shape index (κ3) is 3.73. The number of rotatable bonds is 5. The highest BCUT2D eigenvalue weighted by Crippen LogP contribution is 2.30. The number of nitrogens with one attached hydrogen (secondary N) is 1. The molecule has 0 saturated heterocycles. The molecule has 23 heavy (non-hydrogen) atoms. The molecule has 1 aliphatic rings. The van der Waals surface area contributed by atoms with Crippen LogP contribution in [0.3, 0.4) is 0 Å². The van der Waals surface area contributed by atoms with Crippen LogP contribution in [0, 0.1) is 6.92 Å². The smallest absolute Gasteiger partial charge is 0.222 e. The van der Waals surface area contributed by atoms with Crippen molar-refractivity contribution >= 4 is 11.6 Å². The Morgan fingerprint density at radius 2 is 2.26 bits per heavy atom. The Bertz CT molecular complexity index is 680. The summed E-state index contributed by atoms with van der Waals surface area (Å²) < 4.78 is 5.00. The summed E-state index contributed by atoms with van der Waals surface area (Å²) in [6.45, 7) is 5.23. The molecule has 5 heteroatoms. The van der Waals surface area contributed by atoms with Gasteiger partial charge < -0.3 is 14.7 Å². The van der Waals surface area contributed by atoms with Crippen LogP contribution in [0.5, 0.6) is 0 Å². The maximum absolute atomic E-state index is 12.1. The van der Waals surface area contributed by atoms with Crippen molar-refractivity contribution in [3.63, 3.8) is 0 Å². The number of aryl methyl sites for hydroxylation is 2. The predicted octanol–water partition coefficient (Wildman–Crippen LogP) is 2.83. The number of anilines is 1. The molecule has 1 aromatic heterocycles. The van der Waals surface area contributed by atoms with Crippen molar-refractivity contribution in [2.45, 2.75) is 45.7 Å². The number of fused-ring (bicyclic) bond motifs is 1. The molecule has 1 atom stereocenters. The standard InChI is InChI=1S/C18H23N3O2/c1-13-7-8-15-5-3-4-6-17(15)21(13)10-9-18(22)19-12-16-11-14(2)23-20-16/h3-6,11,13H,7-10,12H2,1-2H3,(H,19,22)/t13-/m0/s1. The molecule has 0 fully saturated rings. The third-order valence-electron chi connectivity index (χ3n) is 4.39. The zero-order valence-corrected chi connectivity index (χ0v) is 13.7. The molecule has 0 spiro atoms. The van der Waals surface area contributed by atoms with Gasteiger partial charge in [0.2, 0.25) is 5.91 Å². The predicted molar refractivity (Wildman–Crippen MR) is 89.3 cm³/mol. The van der Waals surface area contributed by atoms with Crippen molar-refractivity contribution in [3.05, 3.63) is 47.3 Å². The lowest BCUT2D eigenvalue weighted by molar-refractivity contribution is -0.121. The van der Waals surface area contributed by atoms with Crippen LogP contribution < -0.4 is 10.2 Å². The van der Waals surface area contributed by atoms with Crippen molar-refractivity contribution < 1.29 is 9.32 Å². The van der Waals surface area contributed by atoms with Gasteiger partial charge in [0.25, 0.3) is 0 Å². The Morgan fingerprint density at radius 1 is 1.43 bits per heavy atom. The normalized spacial score (nSPS) is 17.0. The molecule has 0 saturated carbocycles. The van der Waals surface area contributed by atoms with E-state index in [4.69, 9.17) is 4.52 Å². The SMILES string of the molecule is Cc1cc(CNC(=O)CCN2c3ccccc3CC[C@@H]2C)no1. The maximum atomic E-state index is 12.1. The van der Waals surface area contributed by atoms with E-state index in [1.807, 2.05) is 13.0 Å². The number of carbonyl (C=O) groups excluding carboxylic acids is 1. The average molecular weight is 313 g/mol.